The van der Waals surface area contributed by atoms with E-state index in [9.17, 15) is 0 Å². The first-order chi connectivity index (χ1) is 8.22. The molecule has 0 fully saturated rings. The van der Waals surface area contributed by atoms with Gasteiger partial charge in [0.2, 0.25) is 0 Å². The van der Waals surface area contributed by atoms with E-state index in [1.807, 2.05) is 37.3 Å². The van der Waals surface area contributed by atoms with Crippen LogP contribution in [-0.2, 0) is 6.42 Å². The average Bonchev–Trinajstić information content (AvgIpc) is 2.35. The van der Waals surface area contributed by atoms with Crippen LogP contribution in [0.4, 0.5) is 5.82 Å². The summed E-state index contributed by atoms with van der Waals surface area (Å²) in [6.45, 7) is 4.08. The highest BCUT2D eigenvalue weighted by molar-refractivity contribution is 5.67. The van der Waals surface area contributed by atoms with Crippen molar-refractivity contribution in [1.29, 1.82) is 0 Å². The second-order valence-corrected chi connectivity index (χ2v) is 4.11. The lowest BCUT2D eigenvalue weighted by molar-refractivity contribution is 0.836. The standard InChI is InChI=1S/C14H17N3/c1-3-7-12-16-13(10(2)14(15)17-12)11-8-5-4-6-9-11/h4-6,8-9H,3,7H2,1-2H3,(H2,15,16,17). The van der Waals surface area contributed by atoms with E-state index in [0.717, 1.165) is 35.5 Å². The number of nitrogens with zero attached hydrogens (tertiary/aromatic N) is 2. The molecule has 1 heterocycles. The highest BCUT2D eigenvalue weighted by Gasteiger charge is 2.09. The molecule has 0 spiro atoms. The first kappa shape index (κ1) is 11.6. The summed E-state index contributed by atoms with van der Waals surface area (Å²) >= 11 is 0. The van der Waals surface area contributed by atoms with E-state index in [-0.39, 0.29) is 0 Å². The molecule has 0 unspecified atom stereocenters. The second-order valence-electron chi connectivity index (χ2n) is 4.11. The van der Waals surface area contributed by atoms with Crippen LogP contribution in [0.15, 0.2) is 30.3 Å². The molecule has 0 atom stereocenters. The first-order valence-electron chi connectivity index (χ1n) is 5.90. The van der Waals surface area contributed by atoms with Gasteiger partial charge in [-0.25, -0.2) is 9.97 Å². The summed E-state index contributed by atoms with van der Waals surface area (Å²) < 4.78 is 0. The van der Waals surface area contributed by atoms with Crippen LogP contribution in [0.25, 0.3) is 11.3 Å². The van der Waals surface area contributed by atoms with E-state index in [2.05, 4.69) is 16.9 Å². The zero-order chi connectivity index (χ0) is 12.3. The largest absolute Gasteiger partial charge is 0.383 e. The fourth-order valence-electron chi connectivity index (χ4n) is 1.79. The number of anilines is 1. The predicted octanol–water partition coefficient (Wildman–Crippen LogP) is 2.99. The Hall–Kier alpha value is -1.90. The molecular weight excluding hydrogens is 210 g/mol. The SMILES string of the molecule is CCCc1nc(N)c(C)c(-c2ccccc2)n1. The van der Waals surface area contributed by atoms with Crippen LogP contribution in [0.5, 0.6) is 0 Å². The van der Waals surface area contributed by atoms with E-state index in [1.54, 1.807) is 0 Å². The van der Waals surface area contributed by atoms with Crippen molar-refractivity contribution in [2.24, 2.45) is 0 Å². The number of nitrogen functional groups attached to an aromatic ring is 1. The van der Waals surface area contributed by atoms with Crippen molar-refractivity contribution < 1.29 is 0 Å². The van der Waals surface area contributed by atoms with E-state index in [1.165, 1.54) is 0 Å². The smallest absolute Gasteiger partial charge is 0.131 e. The lowest BCUT2D eigenvalue weighted by Gasteiger charge is -2.09. The second kappa shape index (κ2) is 4.95. The minimum absolute atomic E-state index is 0.585. The van der Waals surface area contributed by atoms with Crippen LogP contribution in [0, 0.1) is 6.92 Å². The van der Waals surface area contributed by atoms with Crippen molar-refractivity contribution in [2.45, 2.75) is 26.7 Å². The Bertz CT molecular complexity index is 506. The maximum Gasteiger partial charge on any atom is 0.131 e. The molecule has 2 aromatic rings. The highest BCUT2D eigenvalue weighted by atomic mass is 15.0. The van der Waals surface area contributed by atoms with Gasteiger partial charge in [-0.3, -0.25) is 0 Å². The Balaban J connectivity index is 2.53. The number of nitrogens with two attached hydrogens (primary N) is 1. The minimum atomic E-state index is 0.585. The Labute approximate surface area is 102 Å². The van der Waals surface area contributed by atoms with Crippen LogP contribution >= 0.6 is 0 Å². The molecule has 0 radical (unpaired) electrons. The maximum atomic E-state index is 5.94. The third-order valence-electron chi connectivity index (χ3n) is 2.75. The molecule has 88 valence electrons. The number of aryl methyl sites for hydroxylation is 1. The number of hydrogen-bond acceptors (Lipinski definition) is 3. The molecule has 1 aromatic carbocycles. The number of hydrogen-bond donors (Lipinski definition) is 1. The Morgan fingerprint density at radius 2 is 1.82 bits per heavy atom. The van der Waals surface area contributed by atoms with Crippen LogP contribution in [0.2, 0.25) is 0 Å². The summed E-state index contributed by atoms with van der Waals surface area (Å²) in [5.74, 6) is 1.41. The summed E-state index contributed by atoms with van der Waals surface area (Å²) in [7, 11) is 0. The van der Waals surface area contributed by atoms with Gasteiger partial charge >= 0.3 is 0 Å². The lowest BCUT2D eigenvalue weighted by atomic mass is 10.1. The molecule has 1 aromatic heterocycles. The van der Waals surface area contributed by atoms with Gasteiger partial charge in [-0.2, -0.15) is 0 Å². The normalized spacial score (nSPS) is 10.5. The fraction of sp³-hybridized carbons (Fsp3) is 0.286. The zero-order valence-electron chi connectivity index (χ0n) is 10.3. The summed E-state index contributed by atoms with van der Waals surface area (Å²) in [6, 6.07) is 10.1. The lowest BCUT2D eigenvalue weighted by Crippen LogP contribution is -2.04. The maximum absolute atomic E-state index is 5.94. The van der Waals surface area contributed by atoms with Gasteiger partial charge in [0.05, 0.1) is 5.69 Å². The van der Waals surface area contributed by atoms with Crippen molar-refractivity contribution in [3.8, 4) is 11.3 Å². The monoisotopic (exact) mass is 227 g/mol. The van der Waals surface area contributed by atoms with Gasteiger partial charge < -0.3 is 5.73 Å². The molecule has 2 rings (SSSR count). The van der Waals surface area contributed by atoms with Gasteiger partial charge in [-0.15, -0.1) is 0 Å². The molecule has 0 amide bonds. The molecule has 2 N–H and O–H groups in total. The Morgan fingerprint density at radius 3 is 2.47 bits per heavy atom. The number of benzene rings is 1. The fourth-order valence-corrected chi connectivity index (χ4v) is 1.79. The van der Waals surface area contributed by atoms with E-state index >= 15 is 0 Å². The Kier molecular flexibility index (Phi) is 3.38. The highest BCUT2D eigenvalue weighted by Crippen LogP contribution is 2.24. The quantitative estimate of drug-likeness (QED) is 0.877. The first-order valence-corrected chi connectivity index (χ1v) is 5.90. The molecule has 17 heavy (non-hydrogen) atoms. The van der Waals surface area contributed by atoms with E-state index in [4.69, 9.17) is 5.73 Å². The van der Waals surface area contributed by atoms with Gasteiger partial charge in [-0.05, 0) is 13.3 Å². The van der Waals surface area contributed by atoms with Gasteiger partial charge in [0, 0.05) is 17.5 Å². The van der Waals surface area contributed by atoms with Crippen molar-refractivity contribution in [3.05, 3.63) is 41.7 Å². The Morgan fingerprint density at radius 1 is 1.12 bits per heavy atom. The molecule has 0 aliphatic heterocycles. The van der Waals surface area contributed by atoms with Gasteiger partial charge in [0.15, 0.2) is 0 Å². The van der Waals surface area contributed by atoms with Gasteiger partial charge in [0.1, 0.15) is 11.6 Å². The number of rotatable bonds is 3. The molecule has 0 aliphatic rings. The number of aromatic nitrogens is 2. The van der Waals surface area contributed by atoms with Gasteiger partial charge in [-0.1, -0.05) is 37.3 Å². The third kappa shape index (κ3) is 2.44. The predicted molar refractivity (Wildman–Crippen MR) is 70.6 cm³/mol. The molecule has 0 saturated carbocycles. The van der Waals surface area contributed by atoms with Crippen LogP contribution in [-0.4, -0.2) is 9.97 Å². The topological polar surface area (TPSA) is 51.8 Å². The van der Waals surface area contributed by atoms with Crippen molar-refractivity contribution in [3.63, 3.8) is 0 Å². The van der Waals surface area contributed by atoms with E-state index in [0.29, 0.717) is 5.82 Å². The third-order valence-corrected chi connectivity index (χ3v) is 2.75. The van der Waals surface area contributed by atoms with Crippen molar-refractivity contribution in [1.82, 2.24) is 9.97 Å². The van der Waals surface area contributed by atoms with Crippen molar-refractivity contribution >= 4 is 5.82 Å². The summed E-state index contributed by atoms with van der Waals surface area (Å²) in [5, 5.41) is 0. The van der Waals surface area contributed by atoms with Crippen LogP contribution in [0.1, 0.15) is 24.7 Å². The van der Waals surface area contributed by atoms with Crippen LogP contribution < -0.4 is 5.73 Å². The average molecular weight is 227 g/mol. The van der Waals surface area contributed by atoms with Crippen LogP contribution in [0.3, 0.4) is 0 Å². The molecule has 0 bridgehead atoms. The summed E-state index contributed by atoms with van der Waals surface area (Å²) in [6.07, 6.45) is 1.89. The molecule has 3 heteroatoms. The molecule has 0 aliphatic carbocycles. The van der Waals surface area contributed by atoms with Crippen molar-refractivity contribution in [2.75, 3.05) is 5.73 Å². The zero-order valence-corrected chi connectivity index (χ0v) is 10.3. The molecule has 0 saturated heterocycles. The molecular formula is C14H17N3. The summed E-state index contributed by atoms with van der Waals surface area (Å²) in [4.78, 5) is 8.92. The minimum Gasteiger partial charge on any atom is -0.383 e. The molecule has 3 nitrogen and oxygen atoms in total. The van der Waals surface area contributed by atoms with E-state index < -0.39 is 0 Å². The van der Waals surface area contributed by atoms with Gasteiger partial charge in [0.25, 0.3) is 0 Å². The summed E-state index contributed by atoms with van der Waals surface area (Å²) in [5.41, 5.74) is 8.93.